The molecular weight excluding hydrogens is 358 g/mol. The lowest BCUT2D eigenvalue weighted by Gasteiger charge is -2.24. The number of carbonyl (C=O) groups is 1. The van der Waals surface area contributed by atoms with E-state index in [0.29, 0.717) is 12.4 Å². The Morgan fingerprint density at radius 2 is 2.22 bits per heavy atom. The largest absolute Gasteiger partial charge is 0.487 e. The Labute approximate surface area is 162 Å². The third-order valence-corrected chi connectivity index (χ3v) is 5.34. The topological polar surface area (TPSA) is 54.5 Å². The van der Waals surface area contributed by atoms with Gasteiger partial charge in [-0.3, -0.25) is 4.98 Å². The molecule has 3 heterocycles. The van der Waals surface area contributed by atoms with Gasteiger partial charge in [0, 0.05) is 24.5 Å². The summed E-state index contributed by atoms with van der Waals surface area (Å²) in [6.07, 6.45) is 3.79. The summed E-state index contributed by atoms with van der Waals surface area (Å²) in [6, 6.07) is 15.4. The van der Waals surface area contributed by atoms with Crippen molar-refractivity contribution in [3.8, 4) is 5.75 Å². The Bertz CT molecular complexity index is 883. The van der Waals surface area contributed by atoms with Gasteiger partial charge in [0.05, 0.1) is 11.7 Å². The number of nitrogens with one attached hydrogen (secondary N) is 1. The fourth-order valence-corrected chi connectivity index (χ4v) is 4.03. The molecule has 2 aromatic heterocycles. The number of nitrogens with zero attached hydrogens (tertiary/aromatic N) is 2. The molecule has 1 aliphatic heterocycles. The third kappa shape index (κ3) is 4.28. The van der Waals surface area contributed by atoms with Crippen LogP contribution in [0.5, 0.6) is 5.75 Å². The maximum Gasteiger partial charge on any atom is 0.322 e. The van der Waals surface area contributed by atoms with Crippen molar-refractivity contribution in [2.75, 3.05) is 11.9 Å². The molecule has 0 radical (unpaired) electrons. The van der Waals surface area contributed by atoms with E-state index >= 15 is 0 Å². The predicted molar refractivity (Wildman–Crippen MR) is 107 cm³/mol. The summed E-state index contributed by atoms with van der Waals surface area (Å²) < 4.78 is 5.79. The minimum atomic E-state index is -0.0643. The van der Waals surface area contributed by atoms with Crippen molar-refractivity contribution in [2.24, 2.45) is 0 Å². The molecule has 6 heteroatoms. The summed E-state index contributed by atoms with van der Waals surface area (Å²) in [5, 5.41) is 7.20. The first kappa shape index (κ1) is 17.5. The third-order valence-electron chi connectivity index (χ3n) is 4.64. The molecule has 0 saturated carbocycles. The molecule has 1 fully saturated rings. The van der Waals surface area contributed by atoms with Gasteiger partial charge in [0.15, 0.2) is 0 Å². The predicted octanol–water partition coefficient (Wildman–Crippen LogP) is 5.09. The number of rotatable bonds is 5. The maximum atomic E-state index is 12.8. The molecule has 5 nitrogen and oxygen atoms in total. The molecule has 138 valence electrons. The Balaban J connectivity index is 1.39. The molecule has 0 unspecified atom stereocenters. The van der Waals surface area contributed by atoms with E-state index in [4.69, 9.17) is 4.74 Å². The highest BCUT2D eigenvalue weighted by atomic mass is 32.1. The summed E-state index contributed by atoms with van der Waals surface area (Å²) >= 11 is 1.67. The molecular formula is C21H21N3O2S. The summed E-state index contributed by atoms with van der Waals surface area (Å²) in [4.78, 5) is 18.9. The van der Waals surface area contributed by atoms with E-state index in [-0.39, 0.29) is 12.1 Å². The van der Waals surface area contributed by atoms with Crippen LogP contribution in [0.1, 0.15) is 30.1 Å². The number of likely N-dealkylation sites (tertiary alicyclic amines) is 1. The quantitative estimate of drug-likeness (QED) is 0.672. The lowest BCUT2D eigenvalue weighted by atomic mass is 10.1. The summed E-state index contributed by atoms with van der Waals surface area (Å²) in [6.45, 7) is 1.17. The molecule has 1 aliphatic rings. The van der Waals surface area contributed by atoms with Crippen molar-refractivity contribution in [3.05, 3.63) is 76.7 Å². The number of thiophene rings is 1. The van der Waals surface area contributed by atoms with Gasteiger partial charge in [-0.15, -0.1) is 0 Å². The van der Waals surface area contributed by atoms with Crippen molar-refractivity contribution in [1.82, 2.24) is 9.88 Å². The number of pyridine rings is 1. The van der Waals surface area contributed by atoms with Crippen LogP contribution in [-0.4, -0.2) is 22.5 Å². The van der Waals surface area contributed by atoms with Gasteiger partial charge in [0.25, 0.3) is 0 Å². The van der Waals surface area contributed by atoms with Gasteiger partial charge in [-0.25, -0.2) is 4.79 Å². The normalized spacial score (nSPS) is 16.3. The van der Waals surface area contributed by atoms with E-state index in [9.17, 15) is 4.79 Å². The standard InChI is InChI=1S/C21H21N3O2S/c25-21(24-11-4-8-20(24)16-9-12-27-15-16)23-17-6-3-7-19(13-17)26-14-18-5-1-2-10-22-18/h1-3,5-7,9-10,12-13,15,20H,4,8,11,14H2,(H,23,25)/t20-/m0/s1. The molecule has 3 aromatic rings. The molecule has 27 heavy (non-hydrogen) atoms. The molecule has 2 amide bonds. The molecule has 0 spiro atoms. The van der Waals surface area contributed by atoms with Gasteiger partial charge >= 0.3 is 6.03 Å². The van der Waals surface area contributed by atoms with E-state index in [1.165, 1.54) is 5.56 Å². The van der Waals surface area contributed by atoms with E-state index in [1.807, 2.05) is 47.4 Å². The van der Waals surface area contributed by atoms with Crippen LogP contribution in [0.2, 0.25) is 0 Å². The summed E-state index contributed by atoms with van der Waals surface area (Å²) in [5.74, 6) is 0.703. The highest BCUT2D eigenvalue weighted by Gasteiger charge is 2.30. The second-order valence-electron chi connectivity index (χ2n) is 6.48. The van der Waals surface area contributed by atoms with E-state index in [2.05, 4.69) is 27.1 Å². The number of carbonyl (C=O) groups excluding carboxylic acids is 1. The fourth-order valence-electron chi connectivity index (χ4n) is 3.32. The average molecular weight is 379 g/mol. The highest BCUT2D eigenvalue weighted by Crippen LogP contribution is 2.33. The zero-order valence-electron chi connectivity index (χ0n) is 14.9. The van der Waals surface area contributed by atoms with Crippen molar-refractivity contribution in [2.45, 2.75) is 25.5 Å². The number of benzene rings is 1. The zero-order valence-corrected chi connectivity index (χ0v) is 15.7. The first-order chi connectivity index (χ1) is 13.3. The van der Waals surface area contributed by atoms with Crippen molar-refractivity contribution in [3.63, 3.8) is 0 Å². The van der Waals surface area contributed by atoms with Gasteiger partial charge in [-0.1, -0.05) is 12.1 Å². The average Bonchev–Trinajstić information content (AvgIpc) is 3.39. The van der Waals surface area contributed by atoms with Crippen molar-refractivity contribution < 1.29 is 9.53 Å². The van der Waals surface area contributed by atoms with Gasteiger partial charge in [-0.2, -0.15) is 11.3 Å². The van der Waals surface area contributed by atoms with Gasteiger partial charge in [-0.05, 0) is 59.5 Å². The monoisotopic (exact) mass is 379 g/mol. The SMILES string of the molecule is O=C(Nc1cccc(OCc2ccccn2)c1)N1CCC[C@H]1c1ccsc1. The molecule has 0 aliphatic carbocycles. The molecule has 1 atom stereocenters. The van der Waals surface area contributed by atoms with Crippen LogP contribution in [0, 0.1) is 0 Å². The zero-order chi connectivity index (χ0) is 18.5. The molecule has 4 rings (SSSR count). The van der Waals surface area contributed by atoms with Crippen LogP contribution < -0.4 is 10.1 Å². The fraction of sp³-hybridized carbons (Fsp3) is 0.238. The van der Waals surface area contributed by atoms with E-state index in [0.717, 1.165) is 30.8 Å². The van der Waals surface area contributed by atoms with Crippen molar-refractivity contribution >= 4 is 23.1 Å². The number of aromatic nitrogens is 1. The van der Waals surface area contributed by atoms with Gasteiger partial charge in [0.1, 0.15) is 12.4 Å². The smallest absolute Gasteiger partial charge is 0.322 e. The number of hydrogen-bond donors (Lipinski definition) is 1. The van der Waals surface area contributed by atoms with Crippen LogP contribution in [0.3, 0.4) is 0 Å². The highest BCUT2D eigenvalue weighted by molar-refractivity contribution is 7.08. The minimum absolute atomic E-state index is 0.0643. The number of anilines is 1. The number of hydrogen-bond acceptors (Lipinski definition) is 4. The van der Waals surface area contributed by atoms with E-state index < -0.39 is 0 Å². The molecule has 0 bridgehead atoms. The van der Waals surface area contributed by atoms with Gasteiger partial charge in [0.2, 0.25) is 0 Å². The van der Waals surface area contributed by atoms with Crippen LogP contribution in [0.15, 0.2) is 65.5 Å². The van der Waals surface area contributed by atoms with Crippen molar-refractivity contribution in [1.29, 1.82) is 0 Å². The number of ether oxygens (including phenoxy) is 1. The van der Waals surface area contributed by atoms with Crippen LogP contribution in [0.4, 0.5) is 10.5 Å². The minimum Gasteiger partial charge on any atom is -0.487 e. The van der Waals surface area contributed by atoms with Crippen LogP contribution in [0.25, 0.3) is 0 Å². The first-order valence-corrected chi connectivity index (χ1v) is 9.96. The van der Waals surface area contributed by atoms with Gasteiger partial charge < -0.3 is 15.0 Å². The summed E-state index contributed by atoms with van der Waals surface area (Å²) in [5.41, 5.74) is 2.82. The first-order valence-electron chi connectivity index (χ1n) is 9.02. The molecule has 1 aromatic carbocycles. The number of urea groups is 1. The van der Waals surface area contributed by atoms with E-state index in [1.54, 1.807) is 17.5 Å². The summed E-state index contributed by atoms with van der Waals surface area (Å²) in [7, 11) is 0. The Morgan fingerprint density at radius 1 is 1.26 bits per heavy atom. The lowest BCUT2D eigenvalue weighted by Crippen LogP contribution is -2.34. The molecule has 1 saturated heterocycles. The molecule has 1 N–H and O–H groups in total. The lowest BCUT2D eigenvalue weighted by molar-refractivity contribution is 0.207. The maximum absolute atomic E-state index is 12.8. The van der Waals surface area contributed by atoms with Crippen LogP contribution >= 0.6 is 11.3 Å². The Hall–Kier alpha value is -2.86. The Kier molecular flexibility index (Phi) is 5.34. The second-order valence-corrected chi connectivity index (χ2v) is 7.26. The number of amides is 2. The second kappa shape index (κ2) is 8.22. The Morgan fingerprint density at radius 3 is 3.04 bits per heavy atom. The van der Waals surface area contributed by atoms with Crippen LogP contribution in [-0.2, 0) is 6.61 Å².